The van der Waals surface area contributed by atoms with Gasteiger partial charge in [-0.2, -0.15) is 0 Å². The van der Waals surface area contributed by atoms with Crippen LogP contribution in [0.3, 0.4) is 0 Å². The van der Waals surface area contributed by atoms with Crippen LogP contribution < -0.4 is 0 Å². The number of benzene rings is 2. The van der Waals surface area contributed by atoms with Crippen molar-refractivity contribution in [1.29, 1.82) is 0 Å². The molecule has 1 unspecified atom stereocenters. The SMILES string of the molecule is CCC1=[C]([Zr]=[C](c2ccccc2)c2ccccc2)CC=C1C(C)C1=CC=CC1.Cl.Cl. The Labute approximate surface area is 204 Å². The fraction of sp³-hybridized carbons (Fsp3) is 0.222. The topological polar surface area (TPSA) is 0 Å². The zero-order valence-electron chi connectivity index (χ0n) is 17.6. The van der Waals surface area contributed by atoms with Gasteiger partial charge in [-0.05, 0) is 0 Å². The maximum Gasteiger partial charge on any atom is -0.147 e. The third-order valence-corrected chi connectivity index (χ3v) is 9.83. The summed E-state index contributed by atoms with van der Waals surface area (Å²) in [6.07, 6.45) is 12.8. The monoisotopic (exact) mass is 513 g/mol. The normalized spacial score (nSPS) is 15.5. The predicted octanol–water partition coefficient (Wildman–Crippen LogP) is 7.70. The maximum atomic E-state index is 2.53. The average Bonchev–Trinajstić information content (AvgIpc) is 3.42. The second kappa shape index (κ2) is 11.9. The van der Waals surface area contributed by atoms with Crippen LogP contribution in [0.1, 0.15) is 44.2 Å². The second-order valence-electron chi connectivity index (χ2n) is 7.50. The first-order valence-corrected chi connectivity index (χ1v) is 12.8. The van der Waals surface area contributed by atoms with Gasteiger partial charge in [-0.15, -0.1) is 24.8 Å². The van der Waals surface area contributed by atoms with Gasteiger partial charge in [-0.1, -0.05) is 0 Å². The van der Waals surface area contributed by atoms with Crippen LogP contribution in [-0.2, 0) is 22.8 Å². The Kier molecular flexibility index (Phi) is 9.95. The van der Waals surface area contributed by atoms with Crippen molar-refractivity contribution in [1.82, 2.24) is 0 Å². The third-order valence-electron chi connectivity index (χ3n) is 5.82. The van der Waals surface area contributed by atoms with E-state index in [2.05, 4.69) is 98.8 Å². The molecule has 0 heterocycles. The summed E-state index contributed by atoms with van der Waals surface area (Å²) in [5.74, 6) is 0.554. The molecule has 0 amide bonds. The summed E-state index contributed by atoms with van der Waals surface area (Å²) in [7, 11) is 0. The van der Waals surface area contributed by atoms with Gasteiger partial charge in [0.05, 0.1) is 0 Å². The summed E-state index contributed by atoms with van der Waals surface area (Å²) in [4.78, 5) is 0. The molecule has 0 aliphatic heterocycles. The van der Waals surface area contributed by atoms with Gasteiger partial charge in [0, 0.05) is 0 Å². The van der Waals surface area contributed by atoms with Crippen LogP contribution in [-0.4, -0.2) is 3.21 Å². The van der Waals surface area contributed by atoms with Crippen LogP contribution in [0.5, 0.6) is 0 Å². The van der Waals surface area contributed by atoms with E-state index in [0.717, 1.165) is 12.8 Å². The third kappa shape index (κ3) is 5.50. The van der Waals surface area contributed by atoms with Gasteiger partial charge >= 0.3 is 181 Å². The van der Waals surface area contributed by atoms with Crippen molar-refractivity contribution in [3.63, 3.8) is 0 Å². The molecule has 0 nitrogen and oxygen atoms in total. The molecule has 30 heavy (non-hydrogen) atoms. The number of halogens is 2. The minimum atomic E-state index is -0.878. The van der Waals surface area contributed by atoms with Gasteiger partial charge in [-0.25, -0.2) is 0 Å². The van der Waals surface area contributed by atoms with E-state index >= 15 is 0 Å². The zero-order chi connectivity index (χ0) is 19.3. The van der Waals surface area contributed by atoms with Gasteiger partial charge in [-0.3, -0.25) is 0 Å². The Bertz CT molecular complexity index is 954. The summed E-state index contributed by atoms with van der Waals surface area (Å²) in [6, 6.07) is 22.1. The van der Waals surface area contributed by atoms with Crippen molar-refractivity contribution >= 4 is 28.0 Å². The number of hydrogen-bond donors (Lipinski definition) is 0. The van der Waals surface area contributed by atoms with Crippen LogP contribution in [0, 0.1) is 5.92 Å². The first-order valence-electron chi connectivity index (χ1n) is 10.3. The fourth-order valence-electron chi connectivity index (χ4n) is 4.27. The molecule has 4 rings (SSSR count). The first kappa shape index (κ1) is 25.0. The largest absolute Gasteiger partial charge is 0.147 e. The van der Waals surface area contributed by atoms with Gasteiger partial charge in [0.15, 0.2) is 0 Å². The summed E-state index contributed by atoms with van der Waals surface area (Å²) >= 11 is -0.878. The van der Waals surface area contributed by atoms with Gasteiger partial charge in [0.2, 0.25) is 0 Å². The molecule has 0 spiro atoms. The molecule has 0 N–H and O–H groups in total. The molecule has 155 valence electrons. The summed E-state index contributed by atoms with van der Waals surface area (Å²) in [5.41, 5.74) is 7.66. The van der Waals surface area contributed by atoms with Crippen LogP contribution >= 0.6 is 24.8 Å². The molecule has 2 aliphatic rings. The predicted molar refractivity (Wildman–Crippen MR) is 132 cm³/mol. The summed E-state index contributed by atoms with van der Waals surface area (Å²) < 4.78 is 3.37. The quantitative estimate of drug-likeness (QED) is 0.370. The van der Waals surface area contributed by atoms with Crippen molar-refractivity contribution in [3.8, 4) is 0 Å². The van der Waals surface area contributed by atoms with Crippen molar-refractivity contribution in [2.75, 3.05) is 0 Å². The van der Waals surface area contributed by atoms with E-state index in [4.69, 9.17) is 0 Å². The Morgan fingerprint density at radius 1 is 0.900 bits per heavy atom. The summed E-state index contributed by atoms with van der Waals surface area (Å²) in [5, 5.41) is 0. The van der Waals surface area contributed by atoms with Crippen LogP contribution in [0.4, 0.5) is 0 Å². The molecule has 0 radical (unpaired) electrons. The van der Waals surface area contributed by atoms with Crippen LogP contribution in [0.25, 0.3) is 0 Å². The number of allylic oxidation sites excluding steroid dienone is 8. The van der Waals surface area contributed by atoms with E-state index in [1.165, 1.54) is 17.5 Å². The Hall–Kier alpha value is -1.27. The van der Waals surface area contributed by atoms with Crippen molar-refractivity contribution in [2.24, 2.45) is 5.92 Å². The van der Waals surface area contributed by atoms with E-state index < -0.39 is 22.8 Å². The molecule has 0 saturated carbocycles. The van der Waals surface area contributed by atoms with Crippen molar-refractivity contribution in [3.05, 3.63) is 116 Å². The second-order valence-corrected chi connectivity index (χ2v) is 10.8. The molecule has 2 aliphatic carbocycles. The van der Waals surface area contributed by atoms with Crippen LogP contribution in [0.2, 0.25) is 0 Å². The number of hydrogen-bond acceptors (Lipinski definition) is 0. The molecule has 0 saturated heterocycles. The van der Waals surface area contributed by atoms with Crippen LogP contribution in [0.15, 0.2) is 105 Å². The van der Waals surface area contributed by atoms with E-state index in [9.17, 15) is 0 Å². The Balaban J connectivity index is 0.00000160. The van der Waals surface area contributed by atoms with Gasteiger partial charge in [0.25, 0.3) is 0 Å². The zero-order valence-corrected chi connectivity index (χ0v) is 21.7. The van der Waals surface area contributed by atoms with Gasteiger partial charge in [0.1, 0.15) is 0 Å². The van der Waals surface area contributed by atoms with E-state index in [1.807, 2.05) is 0 Å². The maximum absolute atomic E-state index is 2.53. The fourth-order valence-corrected chi connectivity index (χ4v) is 8.20. The van der Waals surface area contributed by atoms with Crippen molar-refractivity contribution < 1.29 is 22.8 Å². The molecule has 1 atom stereocenters. The molecule has 2 aromatic carbocycles. The molecule has 0 fully saturated rings. The van der Waals surface area contributed by atoms with Gasteiger partial charge < -0.3 is 0 Å². The standard InChI is InChI=1S/C14H17.C13H10.2ClH.Zr/c1-3-12-9-6-10-14(12)11(2)13-7-4-5-8-13;1-3-7-12(8-4-1)11-13-9-5-2-6-10-13;;;/h4-5,7,10-11H,3,6,8H2,1-2H3;1-10H;2*1H;. The Morgan fingerprint density at radius 3 is 2.00 bits per heavy atom. The molecule has 0 bridgehead atoms. The van der Waals surface area contributed by atoms with E-state index in [0.29, 0.717) is 5.92 Å². The molecular weight excluding hydrogens is 486 g/mol. The first-order chi connectivity index (χ1) is 13.8. The molecule has 3 heteroatoms. The Morgan fingerprint density at radius 2 is 1.50 bits per heavy atom. The van der Waals surface area contributed by atoms with E-state index in [1.54, 1.807) is 23.2 Å². The molecule has 2 aromatic rings. The molecular formula is C27H29Cl2Zr. The van der Waals surface area contributed by atoms with E-state index in [-0.39, 0.29) is 24.8 Å². The van der Waals surface area contributed by atoms with Crippen molar-refractivity contribution in [2.45, 2.75) is 33.1 Å². The average molecular weight is 516 g/mol. The summed E-state index contributed by atoms with van der Waals surface area (Å²) in [6.45, 7) is 4.74. The molecule has 0 aromatic heterocycles. The number of rotatable bonds is 6. The smallest absolute Gasteiger partial charge is 0.147 e. The minimum Gasteiger partial charge on any atom is -0.147 e. The minimum absolute atomic E-state index is 0.